The number of esters is 1. The van der Waals surface area contributed by atoms with Gasteiger partial charge in [0.1, 0.15) is 5.60 Å². The van der Waals surface area contributed by atoms with Gasteiger partial charge in [0.05, 0.1) is 0 Å². The quantitative estimate of drug-likeness (QED) is 0.613. The maximum Gasteiger partial charge on any atom is 0.303 e. The summed E-state index contributed by atoms with van der Waals surface area (Å²) in [6.45, 7) is 10.0. The van der Waals surface area contributed by atoms with E-state index in [0.717, 1.165) is 25.2 Å². The second kappa shape index (κ2) is 6.05. The molecule has 0 heterocycles. The van der Waals surface area contributed by atoms with Crippen molar-refractivity contribution < 1.29 is 9.53 Å². The summed E-state index contributed by atoms with van der Waals surface area (Å²) in [5.41, 5.74) is -0.249. The topological polar surface area (TPSA) is 26.3 Å². The van der Waals surface area contributed by atoms with E-state index < -0.39 is 0 Å². The number of rotatable bonds is 6. The number of carbonyl (C=O) groups is 1. The SMILES string of the molecule is CC[C@](C)(CCCC(C)C)OC(C)=O. The van der Waals surface area contributed by atoms with Crippen molar-refractivity contribution in [1.29, 1.82) is 0 Å². The summed E-state index contributed by atoms with van der Waals surface area (Å²) in [7, 11) is 0. The summed E-state index contributed by atoms with van der Waals surface area (Å²) in [4.78, 5) is 10.9. The third-order valence-electron chi connectivity index (χ3n) is 2.63. The molecule has 2 heteroatoms. The Morgan fingerprint density at radius 1 is 1.43 bits per heavy atom. The number of hydrogen-bond donors (Lipinski definition) is 0. The van der Waals surface area contributed by atoms with Crippen LogP contribution in [0.2, 0.25) is 0 Å². The van der Waals surface area contributed by atoms with Crippen molar-refractivity contribution >= 4 is 5.97 Å². The lowest BCUT2D eigenvalue weighted by Crippen LogP contribution is -2.30. The van der Waals surface area contributed by atoms with Gasteiger partial charge in [-0.3, -0.25) is 4.79 Å². The lowest BCUT2D eigenvalue weighted by Gasteiger charge is -2.28. The van der Waals surface area contributed by atoms with Gasteiger partial charge in [0.15, 0.2) is 0 Å². The standard InChI is InChI=1S/C12H24O2/c1-6-12(5,14-11(4)13)9-7-8-10(2)3/h10H,6-9H2,1-5H3/t12-/m1/s1. The van der Waals surface area contributed by atoms with Gasteiger partial charge in [-0.25, -0.2) is 0 Å². The van der Waals surface area contributed by atoms with Gasteiger partial charge in [-0.15, -0.1) is 0 Å². The molecule has 0 amide bonds. The fourth-order valence-corrected chi connectivity index (χ4v) is 1.53. The molecule has 0 spiro atoms. The third kappa shape index (κ3) is 6.01. The molecule has 0 saturated heterocycles. The Hall–Kier alpha value is -0.530. The Bertz CT molecular complexity index is 175. The summed E-state index contributed by atoms with van der Waals surface area (Å²) in [6.07, 6.45) is 4.21. The zero-order chi connectivity index (χ0) is 11.2. The maximum absolute atomic E-state index is 10.9. The molecule has 0 aliphatic heterocycles. The van der Waals surface area contributed by atoms with Gasteiger partial charge in [-0.2, -0.15) is 0 Å². The van der Waals surface area contributed by atoms with Crippen LogP contribution >= 0.6 is 0 Å². The molecule has 0 saturated carbocycles. The number of hydrogen-bond acceptors (Lipinski definition) is 2. The van der Waals surface area contributed by atoms with Crippen LogP contribution in [0, 0.1) is 5.92 Å². The zero-order valence-corrected chi connectivity index (χ0v) is 10.2. The van der Waals surface area contributed by atoms with E-state index in [1.54, 1.807) is 0 Å². The molecule has 84 valence electrons. The van der Waals surface area contributed by atoms with Crippen LogP contribution in [-0.4, -0.2) is 11.6 Å². The monoisotopic (exact) mass is 200 g/mol. The first-order valence-electron chi connectivity index (χ1n) is 5.59. The zero-order valence-electron chi connectivity index (χ0n) is 10.2. The minimum absolute atomic E-state index is 0.168. The van der Waals surface area contributed by atoms with E-state index in [4.69, 9.17) is 4.74 Å². The maximum atomic E-state index is 10.9. The van der Waals surface area contributed by atoms with Crippen molar-refractivity contribution in [2.75, 3.05) is 0 Å². The van der Waals surface area contributed by atoms with Crippen molar-refractivity contribution in [1.82, 2.24) is 0 Å². The predicted molar refractivity (Wildman–Crippen MR) is 59.2 cm³/mol. The van der Waals surface area contributed by atoms with Gasteiger partial charge >= 0.3 is 5.97 Å². The second-order valence-electron chi connectivity index (χ2n) is 4.68. The van der Waals surface area contributed by atoms with E-state index in [-0.39, 0.29) is 11.6 Å². The third-order valence-corrected chi connectivity index (χ3v) is 2.63. The summed E-state index contributed by atoms with van der Waals surface area (Å²) < 4.78 is 5.33. The fraction of sp³-hybridized carbons (Fsp3) is 0.917. The molecule has 0 unspecified atom stereocenters. The lowest BCUT2D eigenvalue weighted by atomic mass is 9.93. The predicted octanol–water partition coefficient (Wildman–Crippen LogP) is 3.54. The smallest absolute Gasteiger partial charge is 0.303 e. The Labute approximate surface area is 88.0 Å². The molecular formula is C12H24O2. The first kappa shape index (κ1) is 13.5. The minimum atomic E-state index is -0.249. The molecule has 0 aromatic carbocycles. The average Bonchev–Trinajstić information content (AvgIpc) is 2.02. The molecule has 0 aromatic heterocycles. The summed E-state index contributed by atoms with van der Waals surface area (Å²) >= 11 is 0. The van der Waals surface area contributed by atoms with Crippen LogP contribution in [0.1, 0.15) is 60.3 Å². The van der Waals surface area contributed by atoms with E-state index in [1.165, 1.54) is 13.3 Å². The van der Waals surface area contributed by atoms with Gasteiger partial charge in [-0.05, 0) is 32.1 Å². The highest BCUT2D eigenvalue weighted by atomic mass is 16.6. The van der Waals surface area contributed by atoms with E-state index in [0.29, 0.717) is 0 Å². The molecule has 0 aliphatic rings. The number of ether oxygens (including phenoxy) is 1. The molecule has 0 aromatic rings. The van der Waals surface area contributed by atoms with Gasteiger partial charge < -0.3 is 4.74 Å². The van der Waals surface area contributed by atoms with Gasteiger partial charge in [0.25, 0.3) is 0 Å². The molecule has 2 nitrogen and oxygen atoms in total. The normalized spacial score (nSPS) is 15.3. The van der Waals surface area contributed by atoms with Crippen LogP contribution in [0.15, 0.2) is 0 Å². The second-order valence-corrected chi connectivity index (χ2v) is 4.68. The Morgan fingerprint density at radius 3 is 2.36 bits per heavy atom. The lowest BCUT2D eigenvalue weighted by molar-refractivity contribution is -0.156. The Balaban J connectivity index is 3.92. The van der Waals surface area contributed by atoms with Gasteiger partial charge in [-0.1, -0.05) is 27.2 Å². The van der Waals surface area contributed by atoms with Crippen LogP contribution in [-0.2, 0) is 9.53 Å². The van der Waals surface area contributed by atoms with Crippen molar-refractivity contribution in [3.8, 4) is 0 Å². The van der Waals surface area contributed by atoms with Crippen LogP contribution in [0.3, 0.4) is 0 Å². The minimum Gasteiger partial charge on any atom is -0.460 e. The molecule has 0 rings (SSSR count). The highest BCUT2D eigenvalue weighted by molar-refractivity contribution is 5.66. The van der Waals surface area contributed by atoms with Crippen molar-refractivity contribution in [3.63, 3.8) is 0 Å². The first-order valence-corrected chi connectivity index (χ1v) is 5.59. The largest absolute Gasteiger partial charge is 0.460 e. The van der Waals surface area contributed by atoms with Crippen molar-refractivity contribution in [2.24, 2.45) is 5.92 Å². The van der Waals surface area contributed by atoms with Crippen LogP contribution < -0.4 is 0 Å². The van der Waals surface area contributed by atoms with Crippen molar-refractivity contribution in [3.05, 3.63) is 0 Å². The van der Waals surface area contributed by atoms with E-state index in [9.17, 15) is 4.79 Å². The van der Waals surface area contributed by atoms with E-state index in [1.807, 2.05) is 6.92 Å². The average molecular weight is 200 g/mol. The highest BCUT2D eigenvalue weighted by Crippen LogP contribution is 2.24. The first-order chi connectivity index (χ1) is 6.39. The summed E-state index contributed by atoms with van der Waals surface area (Å²) in [5.74, 6) is 0.562. The van der Waals surface area contributed by atoms with Crippen LogP contribution in [0.5, 0.6) is 0 Å². The van der Waals surface area contributed by atoms with E-state index in [2.05, 4.69) is 20.8 Å². The van der Waals surface area contributed by atoms with Gasteiger partial charge in [0, 0.05) is 6.92 Å². The van der Waals surface area contributed by atoms with Crippen LogP contribution in [0.25, 0.3) is 0 Å². The molecule has 0 aliphatic carbocycles. The number of carbonyl (C=O) groups excluding carboxylic acids is 1. The molecule has 0 fully saturated rings. The van der Waals surface area contributed by atoms with Crippen LogP contribution in [0.4, 0.5) is 0 Å². The summed E-state index contributed by atoms with van der Waals surface area (Å²) in [5, 5.41) is 0. The molecule has 0 N–H and O–H groups in total. The highest BCUT2D eigenvalue weighted by Gasteiger charge is 2.24. The Kier molecular flexibility index (Phi) is 5.82. The molecule has 0 radical (unpaired) electrons. The molecule has 14 heavy (non-hydrogen) atoms. The molecular weight excluding hydrogens is 176 g/mol. The van der Waals surface area contributed by atoms with E-state index >= 15 is 0 Å². The van der Waals surface area contributed by atoms with Crippen molar-refractivity contribution in [2.45, 2.75) is 65.9 Å². The summed E-state index contributed by atoms with van der Waals surface area (Å²) in [6, 6.07) is 0. The Morgan fingerprint density at radius 2 is 2.00 bits per heavy atom. The van der Waals surface area contributed by atoms with Gasteiger partial charge in [0.2, 0.25) is 0 Å². The fourth-order valence-electron chi connectivity index (χ4n) is 1.53. The molecule has 1 atom stereocenters. The molecule has 0 bridgehead atoms.